The summed E-state index contributed by atoms with van der Waals surface area (Å²) in [5, 5.41) is 0.269. The number of carbonyl (C=O) groups is 1. The fourth-order valence-corrected chi connectivity index (χ4v) is 4.52. The lowest BCUT2D eigenvalue weighted by atomic mass is 10.1. The van der Waals surface area contributed by atoms with Crippen LogP contribution in [0.3, 0.4) is 0 Å². The van der Waals surface area contributed by atoms with Crippen LogP contribution in [0.5, 0.6) is 0 Å². The van der Waals surface area contributed by atoms with Crippen molar-refractivity contribution in [1.82, 2.24) is 9.80 Å². The van der Waals surface area contributed by atoms with Crippen molar-refractivity contribution in [3.05, 3.63) is 65.7 Å². The average molecular weight is 355 g/mol. The van der Waals surface area contributed by atoms with Gasteiger partial charge >= 0.3 is 0 Å². The zero-order valence-corrected chi connectivity index (χ0v) is 15.8. The number of nitrogens with zero attached hydrogens (tertiary/aromatic N) is 2. The van der Waals surface area contributed by atoms with E-state index in [0.29, 0.717) is 0 Å². The Balaban J connectivity index is 1.87. The number of rotatable bonds is 6. The minimum atomic E-state index is 0.161. The number of carbonyl (C=O) groups excluding carboxylic acids is 1. The van der Waals surface area contributed by atoms with Gasteiger partial charge in [-0.3, -0.25) is 4.79 Å². The third-order valence-corrected chi connectivity index (χ3v) is 6.13. The quantitative estimate of drug-likeness (QED) is 0.772. The summed E-state index contributed by atoms with van der Waals surface area (Å²) in [5.74, 6) is 0.161. The largest absolute Gasteiger partial charge is 0.336 e. The molecule has 0 radical (unpaired) electrons. The lowest BCUT2D eigenvalue weighted by Crippen LogP contribution is -2.39. The van der Waals surface area contributed by atoms with E-state index >= 15 is 0 Å². The second kappa shape index (κ2) is 8.54. The summed E-state index contributed by atoms with van der Waals surface area (Å²) in [4.78, 5) is 18.6. The lowest BCUT2D eigenvalue weighted by Gasteiger charge is -2.27. The first-order chi connectivity index (χ1) is 12.2. The van der Waals surface area contributed by atoms with Crippen molar-refractivity contribution in [2.45, 2.75) is 24.0 Å². The molecule has 4 heteroatoms. The highest BCUT2D eigenvalue weighted by atomic mass is 32.2. The van der Waals surface area contributed by atoms with E-state index in [1.54, 1.807) is 0 Å². The van der Waals surface area contributed by atoms with Gasteiger partial charge in [0.05, 0.1) is 10.8 Å². The molecule has 1 aliphatic rings. The average Bonchev–Trinajstić information content (AvgIpc) is 2.81. The van der Waals surface area contributed by atoms with Gasteiger partial charge in [-0.25, -0.2) is 0 Å². The molecule has 0 aliphatic carbocycles. The van der Waals surface area contributed by atoms with E-state index in [-0.39, 0.29) is 11.2 Å². The van der Waals surface area contributed by atoms with Gasteiger partial charge in [0.2, 0.25) is 0 Å². The molecule has 0 saturated heterocycles. The van der Waals surface area contributed by atoms with Crippen LogP contribution in [0.15, 0.2) is 59.5 Å². The molecule has 0 N–H and O–H groups in total. The Labute approximate surface area is 155 Å². The topological polar surface area (TPSA) is 23.6 Å². The summed E-state index contributed by atoms with van der Waals surface area (Å²) in [6, 6.07) is 18.5. The minimum Gasteiger partial charge on any atom is -0.336 e. The second-order valence-electron chi connectivity index (χ2n) is 6.29. The molecule has 0 aromatic heterocycles. The molecule has 1 atom stereocenters. The smallest absolute Gasteiger partial charge is 0.255 e. The predicted molar refractivity (Wildman–Crippen MR) is 105 cm³/mol. The van der Waals surface area contributed by atoms with E-state index in [2.05, 4.69) is 49.1 Å². The molecule has 3 rings (SSSR count). The first-order valence-corrected chi connectivity index (χ1v) is 9.93. The van der Waals surface area contributed by atoms with Crippen LogP contribution in [0.4, 0.5) is 0 Å². The van der Waals surface area contributed by atoms with Gasteiger partial charge in [-0.05, 0) is 30.8 Å². The zero-order chi connectivity index (χ0) is 17.6. The van der Waals surface area contributed by atoms with Gasteiger partial charge in [0.1, 0.15) is 0 Å². The predicted octanol–water partition coefficient (Wildman–Crippen LogP) is 4.32. The van der Waals surface area contributed by atoms with Gasteiger partial charge in [0.25, 0.3) is 5.91 Å². The van der Waals surface area contributed by atoms with E-state index in [1.807, 2.05) is 40.9 Å². The Morgan fingerprint density at radius 2 is 1.72 bits per heavy atom. The number of fused-ring (bicyclic) bond motifs is 1. The number of amides is 1. The molecule has 25 heavy (non-hydrogen) atoms. The van der Waals surface area contributed by atoms with Crippen LogP contribution < -0.4 is 0 Å². The molecule has 3 nitrogen and oxygen atoms in total. The Kier molecular flexibility index (Phi) is 6.16. The van der Waals surface area contributed by atoms with Crippen molar-refractivity contribution in [3.8, 4) is 0 Å². The molecule has 2 aromatic carbocycles. The number of hydrogen-bond donors (Lipinski definition) is 0. The lowest BCUT2D eigenvalue weighted by molar-refractivity contribution is 0.0737. The molecule has 1 amide bonds. The molecular formula is C21H26N2OS. The fraction of sp³-hybridized carbons (Fsp3) is 0.381. The maximum atomic E-state index is 13.1. The van der Waals surface area contributed by atoms with E-state index in [9.17, 15) is 4.79 Å². The van der Waals surface area contributed by atoms with E-state index in [4.69, 9.17) is 0 Å². The molecule has 0 spiro atoms. The van der Waals surface area contributed by atoms with Crippen molar-refractivity contribution >= 4 is 17.7 Å². The Bertz CT molecular complexity index is 700. The van der Waals surface area contributed by atoms with Crippen LogP contribution in [0.2, 0.25) is 0 Å². The first kappa shape index (κ1) is 18.0. The van der Waals surface area contributed by atoms with Gasteiger partial charge in [-0.15, -0.1) is 11.8 Å². The van der Waals surface area contributed by atoms with Gasteiger partial charge in [0, 0.05) is 24.5 Å². The van der Waals surface area contributed by atoms with Gasteiger partial charge in [0.15, 0.2) is 0 Å². The van der Waals surface area contributed by atoms with Crippen LogP contribution >= 0.6 is 11.8 Å². The summed E-state index contributed by atoms with van der Waals surface area (Å²) in [7, 11) is 0. The Morgan fingerprint density at radius 1 is 1.04 bits per heavy atom. The van der Waals surface area contributed by atoms with Crippen LogP contribution in [0.1, 0.15) is 35.0 Å². The fourth-order valence-electron chi connectivity index (χ4n) is 3.23. The molecule has 1 heterocycles. The second-order valence-corrected chi connectivity index (χ2v) is 7.54. The zero-order valence-electron chi connectivity index (χ0n) is 15.0. The SMILES string of the molecule is CCN(CC)CCN1C[C@@H](c2ccccc2)Sc2ccccc2C1=O. The minimum absolute atomic E-state index is 0.161. The summed E-state index contributed by atoms with van der Waals surface area (Å²) >= 11 is 1.81. The van der Waals surface area contributed by atoms with Crippen LogP contribution in [-0.4, -0.2) is 48.4 Å². The Morgan fingerprint density at radius 3 is 2.44 bits per heavy atom. The van der Waals surface area contributed by atoms with E-state index in [0.717, 1.165) is 43.2 Å². The normalized spacial score (nSPS) is 17.5. The van der Waals surface area contributed by atoms with Crippen LogP contribution in [0.25, 0.3) is 0 Å². The standard InChI is InChI=1S/C21H26N2OS/c1-3-22(4-2)14-15-23-16-20(17-10-6-5-7-11-17)25-19-13-9-8-12-18(19)21(23)24/h5-13,20H,3-4,14-16H2,1-2H3/t20-/m0/s1. The monoisotopic (exact) mass is 354 g/mol. The number of thioether (sulfide) groups is 1. The number of hydrogen-bond acceptors (Lipinski definition) is 3. The molecule has 0 fully saturated rings. The molecular weight excluding hydrogens is 328 g/mol. The Hall–Kier alpha value is -1.78. The maximum absolute atomic E-state index is 13.1. The summed E-state index contributed by atoms with van der Waals surface area (Å²) in [6.45, 7) is 8.84. The maximum Gasteiger partial charge on any atom is 0.255 e. The molecule has 132 valence electrons. The summed E-state index contributed by atoms with van der Waals surface area (Å²) in [5.41, 5.74) is 2.12. The van der Waals surface area contributed by atoms with E-state index < -0.39 is 0 Å². The molecule has 0 saturated carbocycles. The van der Waals surface area contributed by atoms with Crippen molar-refractivity contribution in [2.75, 3.05) is 32.7 Å². The van der Waals surface area contributed by atoms with Crippen molar-refractivity contribution < 1.29 is 4.79 Å². The van der Waals surface area contributed by atoms with E-state index in [1.165, 1.54) is 5.56 Å². The van der Waals surface area contributed by atoms with Gasteiger partial charge in [-0.1, -0.05) is 56.3 Å². The summed E-state index contributed by atoms with van der Waals surface area (Å²) < 4.78 is 0. The van der Waals surface area contributed by atoms with Crippen molar-refractivity contribution in [3.63, 3.8) is 0 Å². The molecule has 2 aromatic rings. The molecule has 1 aliphatic heterocycles. The highest BCUT2D eigenvalue weighted by molar-refractivity contribution is 7.99. The molecule has 0 unspecified atom stereocenters. The third-order valence-electron chi connectivity index (χ3n) is 4.81. The van der Waals surface area contributed by atoms with Gasteiger partial charge < -0.3 is 9.80 Å². The third kappa shape index (κ3) is 4.25. The van der Waals surface area contributed by atoms with Crippen LogP contribution in [0, 0.1) is 0 Å². The number of benzene rings is 2. The van der Waals surface area contributed by atoms with Gasteiger partial charge in [-0.2, -0.15) is 0 Å². The van der Waals surface area contributed by atoms with Crippen LogP contribution in [-0.2, 0) is 0 Å². The highest BCUT2D eigenvalue weighted by Gasteiger charge is 2.28. The summed E-state index contributed by atoms with van der Waals surface area (Å²) in [6.07, 6.45) is 0. The van der Waals surface area contributed by atoms with Crippen molar-refractivity contribution in [1.29, 1.82) is 0 Å². The first-order valence-electron chi connectivity index (χ1n) is 9.05. The molecule has 0 bridgehead atoms. The highest BCUT2D eigenvalue weighted by Crippen LogP contribution is 2.40. The number of likely N-dealkylation sites (N-methyl/N-ethyl adjacent to an activating group) is 1. The van der Waals surface area contributed by atoms with Crippen molar-refractivity contribution in [2.24, 2.45) is 0 Å².